The summed E-state index contributed by atoms with van der Waals surface area (Å²) < 4.78 is 12.8. The largest absolute Gasteiger partial charge is 0.493 e. The highest BCUT2D eigenvalue weighted by Gasteiger charge is 2.23. The Morgan fingerprint density at radius 3 is 2.75 bits per heavy atom. The zero-order valence-electron chi connectivity index (χ0n) is 15.6. The Bertz CT molecular complexity index is 1180. The van der Waals surface area contributed by atoms with Gasteiger partial charge in [0.05, 0.1) is 27.0 Å². The summed E-state index contributed by atoms with van der Waals surface area (Å²) in [5.41, 5.74) is 5.13. The van der Waals surface area contributed by atoms with Gasteiger partial charge in [-0.3, -0.25) is 0 Å². The predicted octanol–water partition coefficient (Wildman–Crippen LogP) is 3.48. The van der Waals surface area contributed by atoms with Gasteiger partial charge in [0.15, 0.2) is 17.1 Å². The quantitative estimate of drug-likeness (QED) is 0.508. The van der Waals surface area contributed by atoms with E-state index in [0.717, 1.165) is 29.1 Å². The lowest BCUT2D eigenvalue weighted by atomic mass is 10.1. The number of benzene rings is 2. The summed E-state index contributed by atoms with van der Waals surface area (Å²) in [4.78, 5) is 13.8. The van der Waals surface area contributed by atoms with E-state index in [4.69, 9.17) is 19.4 Å². The molecule has 1 aliphatic heterocycles. The van der Waals surface area contributed by atoms with Gasteiger partial charge in [-0.2, -0.15) is 4.98 Å². The number of hydrogen-bond acceptors (Lipinski definition) is 6. The van der Waals surface area contributed by atoms with E-state index in [1.54, 1.807) is 20.4 Å². The van der Waals surface area contributed by atoms with Crippen LogP contribution in [0.25, 0.3) is 22.6 Å². The van der Waals surface area contributed by atoms with E-state index in [0.29, 0.717) is 24.0 Å². The molecule has 4 aromatic rings. The van der Waals surface area contributed by atoms with Crippen LogP contribution < -0.4 is 14.8 Å². The molecule has 3 heterocycles. The lowest BCUT2D eigenvalue weighted by Gasteiger charge is -2.10. The van der Waals surface area contributed by atoms with Crippen molar-refractivity contribution in [3.05, 3.63) is 59.8 Å². The molecule has 0 atom stereocenters. The lowest BCUT2D eigenvalue weighted by molar-refractivity contribution is 0.354. The van der Waals surface area contributed by atoms with Gasteiger partial charge >= 0.3 is 0 Å². The van der Waals surface area contributed by atoms with Gasteiger partial charge in [0.2, 0.25) is 5.95 Å². The highest BCUT2D eigenvalue weighted by molar-refractivity contribution is 5.80. The van der Waals surface area contributed by atoms with Crippen molar-refractivity contribution in [2.75, 3.05) is 19.5 Å². The molecule has 2 aromatic heterocycles. The van der Waals surface area contributed by atoms with Gasteiger partial charge in [0.25, 0.3) is 0 Å². The van der Waals surface area contributed by atoms with Crippen LogP contribution in [0.3, 0.4) is 0 Å². The third-order valence-electron chi connectivity index (χ3n) is 4.97. The Morgan fingerprint density at radius 1 is 1.04 bits per heavy atom. The first kappa shape index (κ1) is 16.6. The molecular formula is C21H19N5O2. The Morgan fingerprint density at radius 2 is 1.89 bits per heavy atom. The molecule has 0 aliphatic carbocycles. The fourth-order valence-electron chi connectivity index (χ4n) is 3.58. The van der Waals surface area contributed by atoms with E-state index in [2.05, 4.69) is 33.1 Å². The maximum absolute atomic E-state index is 5.36. The van der Waals surface area contributed by atoms with Crippen LogP contribution in [-0.4, -0.2) is 33.7 Å². The van der Waals surface area contributed by atoms with E-state index >= 15 is 0 Å². The second-order valence-corrected chi connectivity index (χ2v) is 6.62. The van der Waals surface area contributed by atoms with Crippen LogP contribution in [0.15, 0.2) is 48.7 Å². The molecule has 7 nitrogen and oxygen atoms in total. The summed E-state index contributed by atoms with van der Waals surface area (Å²) in [6.45, 7) is 1.36. The SMILES string of the molecule is COc1ccc(CNc2ncc3nc4n(c3n2)Cc2ccccc2-4)cc1OC. The highest BCUT2D eigenvalue weighted by atomic mass is 16.5. The van der Waals surface area contributed by atoms with Crippen molar-refractivity contribution in [2.45, 2.75) is 13.1 Å². The van der Waals surface area contributed by atoms with Crippen LogP contribution in [0.2, 0.25) is 0 Å². The van der Waals surface area contributed by atoms with Crippen molar-refractivity contribution < 1.29 is 9.47 Å². The number of aromatic nitrogens is 4. The molecule has 0 spiro atoms. The Kier molecular flexibility index (Phi) is 3.86. The molecule has 0 radical (unpaired) electrons. The predicted molar refractivity (Wildman–Crippen MR) is 107 cm³/mol. The van der Waals surface area contributed by atoms with Crippen LogP contribution >= 0.6 is 0 Å². The minimum atomic E-state index is 0.570. The number of nitrogens with zero attached hydrogens (tertiary/aromatic N) is 4. The normalized spacial score (nSPS) is 11.9. The molecule has 0 saturated carbocycles. The third-order valence-corrected chi connectivity index (χ3v) is 4.97. The van der Waals surface area contributed by atoms with Crippen molar-refractivity contribution in [3.63, 3.8) is 0 Å². The summed E-state index contributed by atoms with van der Waals surface area (Å²) in [5.74, 6) is 2.93. The molecule has 1 aliphatic rings. The molecular weight excluding hydrogens is 354 g/mol. The molecule has 2 aromatic carbocycles. The van der Waals surface area contributed by atoms with Gasteiger partial charge in [-0.05, 0) is 23.3 Å². The van der Waals surface area contributed by atoms with Crippen LogP contribution in [0.4, 0.5) is 5.95 Å². The van der Waals surface area contributed by atoms with Gasteiger partial charge in [-0.15, -0.1) is 0 Å². The second-order valence-electron chi connectivity index (χ2n) is 6.62. The second kappa shape index (κ2) is 6.53. The molecule has 0 saturated heterocycles. The molecule has 0 amide bonds. The van der Waals surface area contributed by atoms with Crippen LogP contribution in [0, 0.1) is 0 Å². The summed E-state index contributed by atoms with van der Waals surface area (Å²) >= 11 is 0. The molecule has 1 N–H and O–H groups in total. The van der Waals surface area contributed by atoms with Crippen LogP contribution in [0.5, 0.6) is 11.5 Å². The fourth-order valence-corrected chi connectivity index (χ4v) is 3.58. The number of methoxy groups -OCH3 is 2. The molecule has 7 heteroatoms. The molecule has 0 bridgehead atoms. The van der Waals surface area contributed by atoms with Crippen molar-refractivity contribution >= 4 is 17.1 Å². The highest BCUT2D eigenvalue weighted by Crippen LogP contribution is 2.34. The Balaban J connectivity index is 1.41. The molecule has 0 fully saturated rings. The monoisotopic (exact) mass is 373 g/mol. The van der Waals surface area contributed by atoms with Gasteiger partial charge < -0.3 is 19.4 Å². The van der Waals surface area contributed by atoms with Crippen molar-refractivity contribution in [1.29, 1.82) is 0 Å². The average Bonchev–Trinajstić information content (AvgIpc) is 3.28. The molecule has 28 heavy (non-hydrogen) atoms. The first-order chi connectivity index (χ1) is 13.8. The summed E-state index contributed by atoms with van der Waals surface area (Å²) in [5, 5.41) is 3.28. The lowest BCUT2D eigenvalue weighted by Crippen LogP contribution is -2.05. The van der Waals surface area contributed by atoms with Gasteiger partial charge in [0, 0.05) is 12.1 Å². The summed E-state index contributed by atoms with van der Waals surface area (Å²) in [7, 11) is 3.26. The van der Waals surface area contributed by atoms with Gasteiger partial charge in [-0.1, -0.05) is 30.3 Å². The zero-order chi connectivity index (χ0) is 19.1. The van der Waals surface area contributed by atoms with Crippen LogP contribution in [0.1, 0.15) is 11.1 Å². The minimum absolute atomic E-state index is 0.570. The van der Waals surface area contributed by atoms with Crippen molar-refractivity contribution in [1.82, 2.24) is 19.5 Å². The number of hydrogen-bond donors (Lipinski definition) is 1. The minimum Gasteiger partial charge on any atom is -0.493 e. The Labute approximate surface area is 162 Å². The van der Waals surface area contributed by atoms with Crippen LogP contribution in [-0.2, 0) is 13.1 Å². The first-order valence-electron chi connectivity index (χ1n) is 9.03. The summed E-state index contributed by atoms with van der Waals surface area (Å²) in [6.07, 6.45) is 1.77. The molecule has 140 valence electrons. The number of imidazole rings is 1. The number of ether oxygens (including phenoxy) is 2. The van der Waals surface area contributed by atoms with E-state index in [9.17, 15) is 0 Å². The fraction of sp³-hybridized carbons (Fsp3) is 0.190. The number of rotatable bonds is 5. The number of anilines is 1. The molecule has 0 unspecified atom stereocenters. The van der Waals surface area contributed by atoms with E-state index < -0.39 is 0 Å². The van der Waals surface area contributed by atoms with Crippen molar-refractivity contribution in [3.8, 4) is 22.9 Å². The smallest absolute Gasteiger partial charge is 0.225 e. The Hall–Kier alpha value is -3.61. The van der Waals surface area contributed by atoms with Crippen molar-refractivity contribution in [2.24, 2.45) is 0 Å². The maximum Gasteiger partial charge on any atom is 0.225 e. The van der Waals surface area contributed by atoms with E-state index in [-0.39, 0.29) is 0 Å². The first-order valence-corrected chi connectivity index (χ1v) is 9.03. The number of fused-ring (bicyclic) bond motifs is 5. The molecule has 5 rings (SSSR count). The summed E-state index contributed by atoms with van der Waals surface area (Å²) in [6, 6.07) is 14.1. The zero-order valence-corrected chi connectivity index (χ0v) is 15.6. The maximum atomic E-state index is 5.36. The van der Waals surface area contributed by atoms with Gasteiger partial charge in [-0.25, -0.2) is 9.97 Å². The average molecular weight is 373 g/mol. The van der Waals surface area contributed by atoms with Gasteiger partial charge in [0.1, 0.15) is 11.3 Å². The third kappa shape index (κ3) is 2.63. The standard InChI is InChI=1S/C21H19N5O2/c1-27-17-8-7-13(9-18(17)28-2)10-22-21-23-11-16-20(25-21)26-12-14-5-3-4-6-15(14)19(26)24-16/h3-9,11H,10,12H2,1-2H3,(H,22,23,25). The van der Waals surface area contributed by atoms with E-state index in [1.165, 1.54) is 11.1 Å². The number of nitrogens with one attached hydrogen (secondary N) is 1. The van der Waals surface area contributed by atoms with E-state index in [1.807, 2.05) is 24.3 Å². The topological polar surface area (TPSA) is 74.1 Å².